The first-order valence-corrected chi connectivity index (χ1v) is 21.6. The summed E-state index contributed by atoms with van der Waals surface area (Å²) in [7, 11) is 0. The van der Waals surface area contributed by atoms with Gasteiger partial charge in [0.2, 0.25) is 11.1 Å². The van der Waals surface area contributed by atoms with Gasteiger partial charge in [-0.1, -0.05) is 108 Å². The Bertz CT molecular complexity index is 2310. The number of hydrogen-bond donors (Lipinski definition) is 4. The fraction of sp³-hybridized carbons (Fsp3) is 0.214. The van der Waals surface area contributed by atoms with Gasteiger partial charge in [0, 0.05) is 41.8 Å². The number of pyridine rings is 1. The number of carboxylic acid groups (broad SMARTS) is 1. The van der Waals surface area contributed by atoms with E-state index in [1.165, 1.54) is 39.8 Å². The lowest BCUT2D eigenvalue weighted by molar-refractivity contribution is -0.725. The van der Waals surface area contributed by atoms with Gasteiger partial charge in [-0.25, -0.2) is 9.78 Å². The number of fused-ring (bicyclic) bond motifs is 1. The molecule has 5 heterocycles. The number of β-lactam (4-membered cyclic amide) rings is 1. The number of amides is 3. The average Bonchev–Trinajstić information content (AvgIpc) is 3.90. The number of aliphatic carboxylic acids is 1. The molecule has 16 heteroatoms. The second-order valence-electron chi connectivity index (χ2n) is 13.6. The Kier molecular flexibility index (Phi) is 11.3. The van der Waals surface area contributed by atoms with Crippen molar-refractivity contribution in [3.8, 4) is 0 Å². The van der Waals surface area contributed by atoms with Crippen molar-refractivity contribution in [3.05, 3.63) is 154 Å². The van der Waals surface area contributed by atoms with Gasteiger partial charge in [-0.2, -0.15) is 4.57 Å². The minimum atomic E-state index is -1.22. The molecule has 2 aromatic heterocycles. The van der Waals surface area contributed by atoms with E-state index in [0.717, 1.165) is 21.7 Å². The molecule has 58 heavy (non-hydrogen) atoms. The zero-order valence-corrected chi connectivity index (χ0v) is 33.6. The molecule has 4 N–H and O–H groups in total. The summed E-state index contributed by atoms with van der Waals surface area (Å²) in [5.74, 6) is -2.55. The van der Waals surface area contributed by atoms with Crippen LogP contribution in [0.1, 0.15) is 28.8 Å². The molecule has 5 aromatic rings. The minimum absolute atomic E-state index is 0.0823. The van der Waals surface area contributed by atoms with Crippen LogP contribution in [0.25, 0.3) is 0 Å². The number of thiazole rings is 1. The van der Waals surface area contributed by atoms with Gasteiger partial charge >= 0.3 is 5.97 Å². The fourth-order valence-corrected chi connectivity index (χ4v) is 10.0. The first-order valence-electron chi connectivity index (χ1n) is 18.4. The molecule has 0 spiro atoms. The van der Waals surface area contributed by atoms with Crippen molar-refractivity contribution in [1.82, 2.24) is 20.5 Å². The van der Waals surface area contributed by atoms with Gasteiger partial charge in [0.05, 0.1) is 0 Å². The summed E-state index contributed by atoms with van der Waals surface area (Å²) in [6.45, 7) is 0.697. The number of thioether (sulfide) groups is 2. The maximum absolute atomic E-state index is 14.2. The predicted molar refractivity (Wildman–Crippen MR) is 222 cm³/mol. The van der Waals surface area contributed by atoms with Crippen LogP contribution in [0.2, 0.25) is 0 Å². The first kappa shape index (κ1) is 38.9. The Balaban J connectivity index is 1.10. The Hall–Kier alpha value is -5.97. The highest BCUT2D eigenvalue weighted by molar-refractivity contribution is 8.00. The number of carbonyl (C=O) groups is 4. The quantitative estimate of drug-likeness (QED) is 0.0310. The molecule has 0 radical (unpaired) electrons. The third-order valence-electron chi connectivity index (χ3n) is 10.2. The van der Waals surface area contributed by atoms with Gasteiger partial charge in [-0.3, -0.25) is 19.3 Å². The van der Waals surface area contributed by atoms with Crippen LogP contribution in [0, 0.1) is 0 Å². The molecule has 13 nitrogen and oxygen atoms in total. The lowest BCUT2D eigenvalue weighted by atomic mass is 9.77. The Morgan fingerprint density at radius 2 is 1.62 bits per heavy atom. The SMILES string of the molecule is CSc1cccc[n+]1CC1=C(C(=O)O)N2C(=O)[C@@H](NC(=O)/C(=N\O[C@H]3CCNC3=O)c3csc(NC(c4ccccc4)(c4ccccc4)c4ccccc4)n3)[C@@H]2SC1. The van der Waals surface area contributed by atoms with E-state index in [0.29, 0.717) is 36.0 Å². The minimum Gasteiger partial charge on any atom is -0.477 e. The van der Waals surface area contributed by atoms with Crippen molar-refractivity contribution >= 4 is 69.4 Å². The third-order valence-corrected chi connectivity index (χ3v) is 13.0. The number of carbonyl (C=O) groups excluding carboxylic acids is 3. The van der Waals surface area contributed by atoms with Gasteiger partial charge in [0.25, 0.3) is 17.7 Å². The standard InChI is InChI=1S/C42H37N7O6S3/c1-56-32-19-11-12-22-48(32)23-26-24-57-39-34(38(52)49(39)35(26)40(53)54)45-37(51)33(47-55-31-20-21-43-36(31)50)30-25-58-41(44-30)46-42(27-13-5-2-6-14-27,28-15-7-3-8-16-28)29-17-9-4-10-18-29/h2-19,22,25,31,34,39H,20-21,23-24H2,1H3,(H3-,43,44,45,46,50,51,53,54)/p+1/b47-33-/t31-,34+,39-/m0/s1. The number of anilines is 1. The van der Waals surface area contributed by atoms with Gasteiger partial charge in [0.15, 0.2) is 23.6 Å². The summed E-state index contributed by atoms with van der Waals surface area (Å²) in [6, 6.07) is 34.7. The fourth-order valence-electron chi connectivity index (χ4n) is 7.37. The molecule has 8 rings (SSSR count). The highest BCUT2D eigenvalue weighted by atomic mass is 32.2. The number of carboxylic acids is 1. The number of benzene rings is 3. The lowest BCUT2D eigenvalue weighted by Gasteiger charge is -2.49. The van der Waals surface area contributed by atoms with Gasteiger partial charge in [-0.05, 0) is 29.0 Å². The van der Waals surface area contributed by atoms with Crippen LogP contribution >= 0.6 is 34.9 Å². The lowest BCUT2D eigenvalue weighted by Crippen LogP contribution is -2.71. The summed E-state index contributed by atoms with van der Waals surface area (Å²) >= 11 is 4.17. The Morgan fingerprint density at radius 1 is 0.983 bits per heavy atom. The van der Waals surface area contributed by atoms with Gasteiger partial charge in [0.1, 0.15) is 28.3 Å². The normalized spacial score (nSPS) is 19.2. The van der Waals surface area contributed by atoms with E-state index < -0.39 is 40.8 Å². The van der Waals surface area contributed by atoms with Crippen LogP contribution in [0.4, 0.5) is 5.13 Å². The molecule has 0 aliphatic carbocycles. The molecule has 0 saturated carbocycles. The number of aromatic nitrogens is 2. The number of oxime groups is 1. The highest BCUT2D eigenvalue weighted by Crippen LogP contribution is 2.42. The predicted octanol–water partition coefficient (Wildman–Crippen LogP) is 4.60. The van der Waals surface area contributed by atoms with E-state index in [2.05, 4.69) is 21.1 Å². The van der Waals surface area contributed by atoms with Gasteiger partial charge < -0.3 is 25.9 Å². The number of rotatable bonds is 14. The zero-order valence-electron chi connectivity index (χ0n) is 31.1. The smallest absolute Gasteiger partial charge is 0.352 e. The summed E-state index contributed by atoms with van der Waals surface area (Å²) in [5.41, 5.74) is 2.38. The largest absolute Gasteiger partial charge is 0.477 e. The monoisotopic (exact) mass is 832 g/mol. The van der Waals surface area contributed by atoms with Crippen LogP contribution in [0.5, 0.6) is 0 Å². The molecule has 3 aromatic carbocycles. The van der Waals surface area contributed by atoms with Crippen LogP contribution in [-0.2, 0) is 36.1 Å². The number of nitrogens with zero attached hydrogens (tertiary/aromatic N) is 4. The molecule has 3 amide bonds. The molecule has 294 valence electrons. The topological polar surface area (TPSA) is 166 Å². The van der Waals surface area contributed by atoms with E-state index in [9.17, 15) is 24.3 Å². The zero-order chi connectivity index (χ0) is 40.2. The van der Waals surface area contributed by atoms with Crippen LogP contribution in [0.15, 0.2) is 142 Å². The van der Waals surface area contributed by atoms with Crippen LogP contribution < -0.4 is 20.5 Å². The molecule has 2 fully saturated rings. The summed E-state index contributed by atoms with van der Waals surface area (Å²) in [6.07, 6.45) is 3.26. The first-order chi connectivity index (χ1) is 28.3. The molecular formula is C42H38N7O6S3+. The van der Waals surface area contributed by atoms with E-state index in [-0.39, 0.29) is 23.0 Å². The summed E-state index contributed by atoms with van der Waals surface area (Å²) in [5, 5.41) is 26.1. The van der Waals surface area contributed by atoms with E-state index in [4.69, 9.17) is 9.82 Å². The van der Waals surface area contributed by atoms with Crippen molar-refractivity contribution in [3.63, 3.8) is 0 Å². The summed E-state index contributed by atoms with van der Waals surface area (Å²) < 4.78 is 1.95. The molecule has 3 aliphatic heterocycles. The molecule has 3 aliphatic rings. The van der Waals surface area contributed by atoms with Crippen LogP contribution in [-0.4, -0.2) is 80.5 Å². The van der Waals surface area contributed by atoms with Crippen molar-refractivity contribution in [2.24, 2.45) is 5.16 Å². The van der Waals surface area contributed by atoms with Gasteiger partial charge in [-0.15, -0.1) is 23.1 Å². The summed E-state index contributed by atoms with van der Waals surface area (Å²) in [4.78, 5) is 64.8. The maximum atomic E-state index is 14.2. The molecular weight excluding hydrogens is 795 g/mol. The van der Waals surface area contributed by atoms with E-state index in [1.54, 1.807) is 5.38 Å². The molecule has 0 unspecified atom stereocenters. The Labute approximate surface area is 346 Å². The van der Waals surface area contributed by atoms with E-state index in [1.807, 2.05) is 126 Å². The molecule has 2 saturated heterocycles. The molecule has 3 atom stereocenters. The van der Waals surface area contributed by atoms with Crippen molar-refractivity contribution in [1.29, 1.82) is 0 Å². The Morgan fingerprint density at radius 3 is 2.21 bits per heavy atom. The highest BCUT2D eigenvalue weighted by Gasteiger charge is 2.55. The molecule has 0 bridgehead atoms. The van der Waals surface area contributed by atoms with Crippen molar-refractivity contribution in [2.45, 2.75) is 41.1 Å². The van der Waals surface area contributed by atoms with Crippen molar-refractivity contribution < 1.29 is 33.7 Å². The number of hydrogen-bond acceptors (Lipinski definition) is 11. The second kappa shape index (κ2) is 16.9. The number of nitrogens with one attached hydrogen (secondary N) is 3. The maximum Gasteiger partial charge on any atom is 0.352 e. The van der Waals surface area contributed by atoms with E-state index >= 15 is 0 Å². The average molecular weight is 833 g/mol. The third kappa shape index (κ3) is 7.45. The van der Waals surface area contributed by atoms with Crippen LogP contribution in [0.3, 0.4) is 0 Å². The second-order valence-corrected chi connectivity index (χ2v) is 16.4. The van der Waals surface area contributed by atoms with Crippen molar-refractivity contribution in [2.75, 3.05) is 23.9 Å².